The first-order valence-electron chi connectivity index (χ1n) is 6.86. The average molecular weight is 286 g/mol. The second-order valence-corrected chi connectivity index (χ2v) is 6.44. The van der Waals surface area contributed by atoms with E-state index in [0.29, 0.717) is 6.61 Å². The molecule has 114 valence electrons. The first-order valence-corrected chi connectivity index (χ1v) is 6.86. The van der Waals surface area contributed by atoms with Gasteiger partial charge >= 0.3 is 0 Å². The first-order chi connectivity index (χ1) is 9.17. The quantitative estimate of drug-likeness (QED) is 0.762. The standard InChI is InChI=1S/C14H22O6/c1-6-14(15)9(8-7-16-12(2,3)18-8)17-11-10(14)19-13(4,5)20-11/h6,8-11,15H,1,7H2,2-5H3/t8?,9-,10-,11+,14-/m0/s1. The molecule has 3 saturated heterocycles. The minimum Gasteiger partial charge on any atom is -0.380 e. The number of rotatable bonds is 2. The monoisotopic (exact) mass is 286 g/mol. The Morgan fingerprint density at radius 3 is 2.30 bits per heavy atom. The summed E-state index contributed by atoms with van der Waals surface area (Å²) in [6.07, 6.45) is -0.832. The van der Waals surface area contributed by atoms with Crippen molar-refractivity contribution in [2.45, 2.75) is 69.5 Å². The third-order valence-corrected chi connectivity index (χ3v) is 3.95. The Hall–Kier alpha value is -0.500. The molecule has 6 nitrogen and oxygen atoms in total. The minimum atomic E-state index is -1.37. The largest absolute Gasteiger partial charge is 0.380 e. The van der Waals surface area contributed by atoms with Crippen molar-refractivity contribution < 1.29 is 28.8 Å². The maximum absolute atomic E-state index is 10.9. The van der Waals surface area contributed by atoms with E-state index in [2.05, 4.69) is 6.58 Å². The van der Waals surface area contributed by atoms with E-state index in [9.17, 15) is 5.11 Å². The normalized spacial score (nSPS) is 49.2. The van der Waals surface area contributed by atoms with Crippen molar-refractivity contribution in [2.24, 2.45) is 0 Å². The van der Waals surface area contributed by atoms with Gasteiger partial charge in [0.15, 0.2) is 17.9 Å². The van der Waals surface area contributed by atoms with E-state index in [-0.39, 0.29) is 0 Å². The third-order valence-electron chi connectivity index (χ3n) is 3.95. The average Bonchev–Trinajstić information content (AvgIpc) is 2.91. The van der Waals surface area contributed by atoms with Gasteiger partial charge in [0.2, 0.25) is 0 Å². The molecule has 0 saturated carbocycles. The predicted molar refractivity (Wildman–Crippen MR) is 68.7 cm³/mol. The molecular weight excluding hydrogens is 264 g/mol. The summed E-state index contributed by atoms with van der Waals surface area (Å²) in [5.41, 5.74) is -1.37. The molecule has 3 fully saturated rings. The Balaban J connectivity index is 1.83. The molecule has 3 aliphatic rings. The van der Waals surface area contributed by atoms with Crippen LogP contribution in [0.4, 0.5) is 0 Å². The van der Waals surface area contributed by atoms with Crippen LogP contribution >= 0.6 is 0 Å². The molecule has 3 heterocycles. The van der Waals surface area contributed by atoms with Crippen LogP contribution in [0.5, 0.6) is 0 Å². The molecule has 0 spiro atoms. The molecule has 0 bridgehead atoms. The molecule has 3 rings (SSSR count). The fourth-order valence-corrected chi connectivity index (χ4v) is 3.04. The lowest BCUT2D eigenvalue weighted by Crippen LogP contribution is -2.52. The zero-order valence-electron chi connectivity index (χ0n) is 12.3. The molecule has 0 aliphatic carbocycles. The van der Waals surface area contributed by atoms with Gasteiger partial charge in [0.05, 0.1) is 6.61 Å². The fraction of sp³-hybridized carbons (Fsp3) is 0.857. The Labute approximate surface area is 118 Å². The molecule has 0 aromatic heterocycles. The molecule has 0 amide bonds. The Morgan fingerprint density at radius 2 is 1.75 bits per heavy atom. The molecular formula is C14H22O6. The van der Waals surface area contributed by atoms with E-state index in [0.717, 1.165) is 0 Å². The summed E-state index contributed by atoms with van der Waals surface area (Å²) in [5, 5.41) is 10.9. The molecule has 5 atom stereocenters. The first kappa shape index (κ1) is 14.4. The lowest BCUT2D eigenvalue weighted by Gasteiger charge is -2.33. The van der Waals surface area contributed by atoms with Gasteiger partial charge in [0.1, 0.15) is 23.9 Å². The maximum atomic E-state index is 10.9. The summed E-state index contributed by atoms with van der Waals surface area (Å²) in [5.74, 6) is -1.47. The lowest BCUT2D eigenvalue weighted by atomic mass is 9.89. The van der Waals surface area contributed by atoms with Gasteiger partial charge in [-0.25, -0.2) is 0 Å². The van der Waals surface area contributed by atoms with Gasteiger partial charge in [-0.2, -0.15) is 0 Å². The SMILES string of the molecule is C=C[C@]1(O)[C@H](C2COC(C)(C)O2)O[C@@H]2OC(C)(C)O[C@@H]21. The van der Waals surface area contributed by atoms with Crippen LogP contribution in [0.25, 0.3) is 0 Å². The predicted octanol–water partition coefficient (Wildman–Crippen LogP) is 0.931. The van der Waals surface area contributed by atoms with Crippen molar-refractivity contribution >= 4 is 0 Å². The zero-order chi connectivity index (χ0) is 14.8. The van der Waals surface area contributed by atoms with Crippen molar-refractivity contribution in [2.75, 3.05) is 6.61 Å². The molecule has 1 unspecified atom stereocenters. The summed E-state index contributed by atoms with van der Waals surface area (Å²) in [6.45, 7) is 11.3. The number of hydrogen-bond acceptors (Lipinski definition) is 6. The van der Waals surface area contributed by atoms with Gasteiger partial charge in [-0.05, 0) is 27.7 Å². The molecule has 0 aromatic rings. The van der Waals surface area contributed by atoms with Gasteiger partial charge < -0.3 is 28.8 Å². The Kier molecular flexibility index (Phi) is 3.07. The number of fused-ring (bicyclic) bond motifs is 1. The summed E-state index contributed by atoms with van der Waals surface area (Å²) in [7, 11) is 0. The van der Waals surface area contributed by atoms with Crippen molar-refractivity contribution in [1.82, 2.24) is 0 Å². The van der Waals surface area contributed by atoms with Crippen LogP contribution in [0.3, 0.4) is 0 Å². The summed E-state index contributed by atoms with van der Waals surface area (Å²) >= 11 is 0. The van der Waals surface area contributed by atoms with E-state index in [1.54, 1.807) is 13.8 Å². The summed E-state index contributed by atoms with van der Waals surface area (Å²) in [4.78, 5) is 0. The second kappa shape index (κ2) is 4.25. The van der Waals surface area contributed by atoms with Crippen LogP contribution in [-0.4, -0.2) is 53.5 Å². The van der Waals surface area contributed by atoms with E-state index >= 15 is 0 Å². The molecule has 0 radical (unpaired) electrons. The van der Waals surface area contributed by atoms with Crippen LogP contribution in [-0.2, 0) is 23.7 Å². The van der Waals surface area contributed by atoms with E-state index in [1.807, 2.05) is 13.8 Å². The number of hydrogen-bond donors (Lipinski definition) is 1. The van der Waals surface area contributed by atoms with Crippen LogP contribution in [0.15, 0.2) is 12.7 Å². The number of ether oxygens (including phenoxy) is 5. The van der Waals surface area contributed by atoms with Gasteiger partial charge in [0, 0.05) is 0 Å². The summed E-state index contributed by atoms with van der Waals surface area (Å²) in [6, 6.07) is 0. The highest BCUT2D eigenvalue weighted by molar-refractivity contribution is 5.16. The highest BCUT2D eigenvalue weighted by Crippen LogP contribution is 2.46. The van der Waals surface area contributed by atoms with Crippen molar-refractivity contribution in [3.63, 3.8) is 0 Å². The van der Waals surface area contributed by atoms with Gasteiger partial charge in [-0.1, -0.05) is 6.08 Å². The van der Waals surface area contributed by atoms with E-state index in [1.165, 1.54) is 6.08 Å². The van der Waals surface area contributed by atoms with Crippen molar-refractivity contribution in [3.05, 3.63) is 12.7 Å². The van der Waals surface area contributed by atoms with Gasteiger partial charge in [-0.15, -0.1) is 6.58 Å². The third kappa shape index (κ3) is 2.11. The molecule has 0 aromatic carbocycles. The minimum absolute atomic E-state index is 0.344. The van der Waals surface area contributed by atoms with Crippen LogP contribution in [0.2, 0.25) is 0 Å². The van der Waals surface area contributed by atoms with E-state index in [4.69, 9.17) is 23.7 Å². The Bertz CT molecular complexity index is 420. The maximum Gasteiger partial charge on any atom is 0.191 e. The highest BCUT2D eigenvalue weighted by Gasteiger charge is 2.64. The van der Waals surface area contributed by atoms with Crippen LogP contribution < -0.4 is 0 Å². The van der Waals surface area contributed by atoms with Crippen molar-refractivity contribution in [1.29, 1.82) is 0 Å². The topological polar surface area (TPSA) is 66.4 Å². The van der Waals surface area contributed by atoms with Crippen LogP contribution in [0.1, 0.15) is 27.7 Å². The Morgan fingerprint density at radius 1 is 1.05 bits per heavy atom. The van der Waals surface area contributed by atoms with Gasteiger partial charge in [0.25, 0.3) is 0 Å². The highest BCUT2D eigenvalue weighted by atomic mass is 16.8. The molecule has 3 aliphatic heterocycles. The molecule has 20 heavy (non-hydrogen) atoms. The van der Waals surface area contributed by atoms with E-state index < -0.39 is 41.8 Å². The molecule has 6 heteroatoms. The smallest absolute Gasteiger partial charge is 0.191 e. The zero-order valence-corrected chi connectivity index (χ0v) is 12.3. The number of aliphatic hydroxyl groups is 1. The summed E-state index contributed by atoms with van der Waals surface area (Å²) < 4.78 is 28.6. The second-order valence-electron chi connectivity index (χ2n) is 6.44. The van der Waals surface area contributed by atoms with Crippen molar-refractivity contribution in [3.8, 4) is 0 Å². The van der Waals surface area contributed by atoms with Gasteiger partial charge in [-0.3, -0.25) is 0 Å². The fourth-order valence-electron chi connectivity index (χ4n) is 3.04. The van der Waals surface area contributed by atoms with Crippen LogP contribution in [0, 0.1) is 0 Å². The lowest BCUT2D eigenvalue weighted by molar-refractivity contribution is -0.241. The molecule has 1 N–H and O–H groups in total.